The fourth-order valence-corrected chi connectivity index (χ4v) is 0. The monoisotopic (exact) mass is 196 g/mol. The van der Waals surface area contributed by atoms with Gasteiger partial charge in [-0.1, -0.05) is 0 Å². The van der Waals surface area contributed by atoms with Crippen LogP contribution in [0.4, 0.5) is 0 Å². The number of thiol groups is 1. The molecule has 1 nitrogen and oxygen atoms in total. The summed E-state index contributed by atoms with van der Waals surface area (Å²) in [6.07, 6.45) is 0. The molecule has 3 heteroatoms. The summed E-state index contributed by atoms with van der Waals surface area (Å²) in [6, 6.07) is 0. The van der Waals surface area contributed by atoms with E-state index in [0.717, 1.165) is 0 Å². The molecule has 0 N–H and O–H groups in total. The maximum atomic E-state index is 8.67. The van der Waals surface area contributed by atoms with Crippen LogP contribution in [-0.2, 0) is 4.79 Å². The van der Waals surface area contributed by atoms with Gasteiger partial charge in [-0.05, 0) is 0 Å². The van der Waals surface area contributed by atoms with Crippen molar-refractivity contribution in [2.75, 3.05) is 0 Å². The minimum atomic E-state index is 0. The van der Waals surface area contributed by atoms with Crippen LogP contribution in [0, 0.1) is 0 Å². The molecule has 0 bridgehead atoms. The second-order valence-electron chi connectivity index (χ2n) is 0.105. The zero-order valence-electron chi connectivity index (χ0n) is 3.43. The maximum Gasteiger partial charge on any atom is 1.00 e. The molecule has 0 aromatic rings. The average molecular weight is 196 g/mol. The smallest absolute Gasteiger partial charge is 1.00 e. The molecule has 0 aliphatic rings. The molecule has 0 aliphatic heterocycles. The van der Waals surface area contributed by atoms with Gasteiger partial charge >= 0.3 is 68.9 Å². The molecule has 0 radical (unpaired) electrons. The molecule has 0 aliphatic carbocycles. The van der Waals surface area contributed by atoms with Gasteiger partial charge < -0.3 is 1.43 Å². The van der Waals surface area contributed by atoms with E-state index in [4.69, 9.17) is 4.79 Å². The molecular weight excluding hydrogens is 193 g/mol. The number of carbonyl (C=O) groups excluding carboxylic acids is 1. The second-order valence-corrected chi connectivity index (χ2v) is 0.316. The van der Waals surface area contributed by atoms with Crippen LogP contribution in [0.1, 0.15) is 1.43 Å². The Bertz CT molecular complexity index is 19.1. The fourth-order valence-electron chi connectivity index (χ4n) is 0. The number of hydrogen-bond donors (Lipinski definition) is 1. The first-order valence-electron chi connectivity index (χ1n) is 0.494. The van der Waals surface area contributed by atoms with Gasteiger partial charge in [0.1, 0.15) is 0 Å². The van der Waals surface area contributed by atoms with Gasteiger partial charge in [0.2, 0.25) is 0 Å². The van der Waals surface area contributed by atoms with Gasteiger partial charge in [-0.2, -0.15) is 0 Å². The minimum absolute atomic E-state index is 0. The van der Waals surface area contributed by atoms with Crippen molar-refractivity contribution in [3.63, 3.8) is 0 Å². The second kappa shape index (κ2) is 8.91. The molecular formula is CH3CsOS. The first-order valence-corrected chi connectivity index (χ1v) is 1.01. The zero-order chi connectivity index (χ0) is 2.71. The van der Waals surface area contributed by atoms with Crippen LogP contribution in [0.5, 0.6) is 0 Å². The molecule has 0 heterocycles. The predicted octanol–water partition coefficient (Wildman–Crippen LogP) is -2.78. The van der Waals surface area contributed by atoms with Crippen LogP contribution in [0.25, 0.3) is 0 Å². The van der Waals surface area contributed by atoms with Gasteiger partial charge in [0, 0.05) is 0 Å². The van der Waals surface area contributed by atoms with E-state index in [1.54, 1.807) is 0 Å². The Morgan fingerprint density at radius 2 is 2.00 bits per heavy atom. The Kier molecular flexibility index (Phi) is 21.0. The molecule has 0 fully saturated rings. The Labute approximate surface area is 90.8 Å². The summed E-state index contributed by atoms with van der Waals surface area (Å²) in [5.74, 6) is 0. The summed E-state index contributed by atoms with van der Waals surface area (Å²) < 4.78 is 0. The van der Waals surface area contributed by atoms with E-state index >= 15 is 0 Å². The van der Waals surface area contributed by atoms with E-state index in [9.17, 15) is 0 Å². The molecule has 0 aromatic heterocycles. The Hall–Kier alpha value is 2.07. The molecule has 0 amide bonds. The quantitative estimate of drug-likeness (QED) is 0.327. The third-order valence-corrected chi connectivity index (χ3v) is 0. The number of hydrogen-bond acceptors (Lipinski definition) is 1. The number of rotatable bonds is 0. The summed E-state index contributed by atoms with van der Waals surface area (Å²) in [5.41, 5.74) is 0.444. The third-order valence-electron chi connectivity index (χ3n) is 0. The van der Waals surface area contributed by atoms with Gasteiger partial charge in [-0.3, -0.25) is 4.79 Å². The van der Waals surface area contributed by atoms with Crippen molar-refractivity contribution in [2.24, 2.45) is 0 Å². The molecule has 0 unspecified atom stereocenters. The van der Waals surface area contributed by atoms with E-state index < -0.39 is 0 Å². The molecule has 0 aromatic carbocycles. The van der Waals surface area contributed by atoms with Gasteiger partial charge in [-0.25, -0.2) is 0 Å². The van der Waals surface area contributed by atoms with Gasteiger partial charge in [0.15, 0.2) is 5.62 Å². The van der Waals surface area contributed by atoms with Crippen molar-refractivity contribution in [1.29, 1.82) is 0 Å². The van der Waals surface area contributed by atoms with Crippen molar-refractivity contribution in [2.45, 2.75) is 0 Å². The minimum Gasteiger partial charge on any atom is -1.00 e. The normalized spacial score (nSPS) is 3.25. The third kappa shape index (κ3) is 8.95. The van der Waals surface area contributed by atoms with Gasteiger partial charge in [0.25, 0.3) is 0 Å². The number of carbonyl (C=O) groups is 1. The Morgan fingerprint density at radius 3 is 2.00 bits per heavy atom. The van der Waals surface area contributed by atoms with Crippen LogP contribution >= 0.6 is 12.6 Å². The fraction of sp³-hybridized carbons (Fsp3) is 0. The predicted molar refractivity (Wildman–Crippen MR) is 16.8 cm³/mol. The van der Waals surface area contributed by atoms with E-state index in [-0.39, 0.29) is 70.3 Å². The summed E-state index contributed by atoms with van der Waals surface area (Å²) in [6.45, 7) is 0. The molecule has 0 saturated carbocycles. The maximum absolute atomic E-state index is 8.67. The molecule has 20 valence electrons. The van der Waals surface area contributed by atoms with Crippen molar-refractivity contribution in [3.05, 3.63) is 0 Å². The Balaban J connectivity index is -0.0000000200. The first kappa shape index (κ1) is 9.42. The van der Waals surface area contributed by atoms with Crippen LogP contribution in [0.3, 0.4) is 0 Å². The van der Waals surface area contributed by atoms with E-state index in [2.05, 4.69) is 12.6 Å². The standard InChI is InChI=1S/CH2OS.Cs.H/c2-1-3;;/h1H,(H,2,3);;/q;+1;-1. The van der Waals surface area contributed by atoms with Crippen molar-refractivity contribution in [1.82, 2.24) is 0 Å². The van der Waals surface area contributed by atoms with E-state index in [1.807, 2.05) is 0 Å². The first-order chi connectivity index (χ1) is 1.41. The molecule has 0 saturated heterocycles. The van der Waals surface area contributed by atoms with Crippen LogP contribution < -0.4 is 68.9 Å². The summed E-state index contributed by atoms with van der Waals surface area (Å²) in [5, 5.41) is 0. The molecule has 4 heavy (non-hydrogen) atoms. The van der Waals surface area contributed by atoms with Crippen molar-refractivity contribution in [3.8, 4) is 0 Å². The average Bonchev–Trinajstić information content (AvgIpc) is 0.918. The van der Waals surface area contributed by atoms with E-state index in [0.29, 0.717) is 5.62 Å². The largest absolute Gasteiger partial charge is 1.00 e. The van der Waals surface area contributed by atoms with Crippen LogP contribution in [-0.4, -0.2) is 5.62 Å². The summed E-state index contributed by atoms with van der Waals surface area (Å²) in [4.78, 5) is 8.67. The topological polar surface area (TPSA) is 17.1 Å². The summed E-state index contributed by atoms with van der Waals surface area (Å²) in [7, 11) is 0. The molecule has 0 spiro atoms. The van der Waals surface area contributed by atoms with E-state index in [1.165, 1.54) is 0 Å². The van der Waals surface area contributed by atoms with Gasteiger partial charge in [-0.15, -0.1) is 12.6 Å². The SMILES string of the molecule is O=CS.[Cs+].[H-]. The van der Waals surface area contributed by atoms with Crippen LogP contribution in [0.2, 0.25) is 0 Å². The Morgan fingerprint density at radius 1 is 2.00 bits per heavy atom. The molecule has 0 rings (SSSR count). The van der Waals surface area contributed by atoms with Crippen molar-refractivity contribution >= 4 is 18.2 Å². The van der Waals surface area contributed by atoms with Crippen molar-refractivity contribution < 1.29 is 75.1 Å². The summed E-state index contributed by atoms with van der Waals surface area (Å²) >= 11 is 3.11. The zero-order valence-corrected chi connectivity index (χ0v) is 9.61. The van der Waals surface area contributed by atoms with Gasteiger partial charge in [0.05, 0.1) is 0 Å². The molecule has 0 atom stereocenters. The van der Waals surface area contributed by atoms with Crippen LogP contribution in [0.15, 0.2) is 0 Å².